The molecule has 0 spiro atoms. The van der Waals surface area contributed by atoms with E-state index in [1.165, 1.54) is 17.7 Å². The topological polar surface area (TPSA) is 75.4 Å². The second-order valence-corrected chi connectivity index (χ2v) is 5.17. The summed E-state index contributed by atoms with van der Waals surface area (Å²) < 4.78 is 25.9. The zero-order valence-corrected chi connectivity index (χ0v) is 11.7. The number of thiophene rings is 1. The summed E-state index contributed by atoms with van der Waals surface area (Å²) in [6, 6.07) is 1.60. The Labute approximate surface area is 122 Å². The molecule has 9 heteroatoms. The molecule has 0 saturated heterocycles. The van der Waals surface area contributed by atoms with Gasteiger partial charge < -0.3 is 10.0 Å². The maximum atomic E-state index is 12.4. The molecule has 0 aromatic carbocycles. The van der Waals surface area contributed by atoms with Crippen LogP contribution in [-0.2, 0) is 11.3 Å². The standard InChI is InChI=1S/C12H13F2N3O3S/c13-9(14)5-16(2-3-18)10(19)6-17-7-15-11-8(12(17)20)1-4-21-11/h1,4,7,9,18H,2-3,5-6H2. The summed E-state index contributed by atoms with van der Waals surface area (Å²) in [4.78, 5) is 29.5. The number of aliphatic hydroxyl groups excluding tert-OH is 1. The predicted molar refractivity (Wildman–Crippen MR) is 73.5 cm³/mol. The van der Waals surface area contributed by atoms with Gasteiger partial charge in [0.05, 0.1) is 24.9 Å². The van der Waals surface area contributed by atoms with Gasteiger partial charge in [0.25, 0.3) is 12.0 Å². The van der Waals surface area contributed by atoms with Crippen molar-refractivity contribution >= 4 is 27.5 Å². The van der Waals surface area contributed by atoms with Crippen molar-refractivity contribution in [2.45, 2.75) is 13.0 Å². The second-order valence-electron chi connectivity index (χ2n) is 4.27. The first kappa shape index (κ1) is 15.5. The van der Waals surface area contributed by atoms with Crippen molar-refractivity contribution in [3.63, 3.8) is 0 Å². The van der Waals surface area contributed by atoms with E-state index < -0.39 is 31.0 Å². The van der Waals surface area contributed by atoms with Gasteiger partial charge in [0.15, 0.2) is 0 Å². The highest BCUT2D eigenvalue weighted by molar-refractivity contribution is 7.16. The van der Waals surface area contributed by atoms with Crippen LogP contribution in [0.3, 0.4) is 0 Å². The minimum atomic E-state index is -2.70. The fourth-order valence-corrected chi connectivity index (χ4v) is 2.58. The summed E-state index contributed by atoms with van der Waals surface area (Å²) in [5.74, 6) is -0.664. The van der Waals surface area contributed by atoms with E-state index in [0.717, 1.165) is 9.47 Å². The SMILES string of the molecule is O=C(Cn1cnc2sccc2c1=O)N(CCO)CC(F)F. The molecule has 2 aromatic heterocycles. The molecule has 0 unspecified atom stereocenters. The number of rotatable bonds is 6. The maximum Gasteiger partial charge on any atom is 0.262 e. The van der Waals surface area contributed by atoms with Crippen LogP contribution in [0, 0.1) is 0 Å². The molecule has 0 aliphatic rings. The Hall–Kier alpha value is -1.87. The quantitative estimate of drug-likeness (QED) is 0.844. The Morgan fingerprint density at radius 2 is 2.29 bits per heavy atom. The molecule has 0 saturated carbocycles. The molecule has 2 aromatic rings. The van der Waals surface area contributed by atoms with Crippen molar-refractivity contribution < 1.29 is 18.7 Å². The Kier molecular flexibility index (Phi) is 4.97. The van der Waals surface area contributed by atoms with Crippen LogP contribution in [0.25, 0.3) is 10.2 Å². The van der Waals surface area contributed by atoms with Crippen LogP contribution in [0.2, 0.25) is 0 Å². The summed E-state index contributed by atoms with van der Waals surface area (Å²) in [7, 11) is 0. The summed E-state index contributed by atoms with van der Waals surface area (Å²) in [5, 5.41) is 10.9. The van der Waals surface area contributed by atoms with Crippen molar-refractivity contribution in [3.8, 4) is 0 Å². The van der Waals surface area contributed by atoms with E-state index in [2.05, 4.69) is 4.98 Å². The van der Waals surface area contributed by atoms with E-state index in [-0.39, 0.29) is 13.1 Å². The number of halogens is 2. The average molecular weight is 317 g/mol. The van der Waals surface area contributed by atoms with Crippen LogP contribution in [0.5, 0.6) is 0 Å². The van der Waals surface area contributed by atoms with Crippen molar-refractivity contribution in [3.05, 3.63) is 28.1 Å². The first-order chi connectivity index (χ1) is 10.0. The molecule has 0 aliphatic heterocycles. The van der Waals surface area contributed by atoms with E-state index in [9.17, 15) is 18.4 Å². The number of fused-ring (bicyclic) bond motifs is 1. The molecule has 114 valence electrons. The van der Waals surface area contributed by atoms with Crippen molar-refractivity contribution in [2.75, 3.05) is 19.7 Å². The number of aromatic nitrogens is 2. The predicted octanol–water partition coefficient (Wildman–Crippen LogP) is 0.544. The van der Waals surface area contributed by atoms with Gasteiger partial charge in [-0.15, -0.1) is 11.3 Å². The molecule has 1 amide bonds. The highest BCUT2D eigenvalue weighted by Gasteiger charge is 2.19. The lowest BCUT2D eigenvalue weighted by Crippen LogP contribution is -2.40. The zero-order valence-electron chi connectivity index (χ0n) is 10.9. The number of carbonyl (C=O) groups excluding carboxylic acids is 1. The molecular formula is C12H13F2N3O3S. The fourth-order valence-electron chi connectivity index (χ4n) is 1.86. The molecule has 2 heterocycles. The van der Waals surface area contributed by atoms with Crippen molar-refractivity contribution in [2.24, 2.45) is 0 Å². The minimum absolute atomic E-state index is 0.202. The Bertz CT molecular complexity index is 686. The Balaban J connectivity index is 2.19. The number of nitrogens with zero attached hydrogens (tertiary/aromatic N) is 3. The van der Waals surface area contributed by atoms with Crippen LogP contribution in [0.1, 0.15) is 0 Å². The monoisotopic (exact) mass is 317 g/mol. The third kappa shape index (κ3) is 3.61. The normalized spacial score (nSPS) is 11.2. The molecule has 21 heavy (non-hydrogen) atoms. The average Bonchev–Trinajstić information content (AvgIpc) is 2.90. The molecule has 0 atom stereocenters. The lowest BCUT2D eigenvalue weighted by molar-refractivity contribution is -0.134. The molecule has 0 bridgehead atoms. The third-order valence-electron chi connectivity index (χ3n) is 2.84. The number of hydrogen-bond acceptors (Lipinski definition) is 5. The summed E-state index contributed by atoms with van der Waals surface area (Å²) in [6.07, 6.45) is -1.48. The number of carbonyl (C=O) groups is 1. The van der Waals surface area contributed by atoms with E-state index >= 15 is 0 Å². The first-order valence-corrected chi connectivity index (χ1v) is 7.00. The number of aliphatic hydroxyl groups is 1. The van der Waals surface area contributed by atoms with Gasteiger partial charge in [0, 0.05) is 6.54 Å². The highest BCUT2D eigenvalue weighted by atomic mass is 32.1. The Morgan fingerprint density at radius 1 is 1.52 bits per heavy atom. The van der Waals surface area contributed by atoms with Gasteiger partial charge in [0.1, 0.15) is 11.4 Å². The van der Waals surface area contributed by atoms with Gasteiger partial charge >= 0.3 is 0 Å². The van der Waals surface area contributed by atoms with Crippen LogP contribution in [0.15, 0.2) is 22.6 Å². The lowest BCUT2D eigenvalue weighted by Gasteiger charge is -2.21. The maximum absolute atomic E-state index is 12.4. The molecule has 0 fully saturated rings. The van der Waals surface area contributed by atoms with Gasteiger partial charge in [-0.25, -0.2) is 13.8 Å². The van der Waals surface area contributed by atoms with Gasteiger partial charge in [0.2, 0.25) is 5.91 Å². The van der Waals surface area contributed by atoms with Crippen LogP contribution >= 0.6 is 11.3 Å². The van der Waals surface area contributed by atoms with E-state index in [4.69, 9.17) is 5.11 Å². The minimum Gasteiger partial charge on any atom is -0.395 e. The Morgan fingerprint density at radius 3 is 2.95 bits per heavy atom. The van der Waals surface area contributed by atoms with Gasteiger partial charge in [-0.2, -0.15) is 0 Å². The third-order valence-corrected chi connectivity index (χ3v) is 3.66. The van der Waals surface area contributed by atoms with E-state index in [1.54, 1.807) is 11.4 Å². The number of alkyl halides is 2. The van der Waals surface area contributed by atoms with Gasteiger partial charge in [-0.3, -0.25) is 14.2 Å². The molecule has 0 radical (unpaired) electrons. The van der Waals surface area contributed by atoms with E-state index in [1.807, 2.05) is 0 Å². The van der Waals surface area contributed by atoms with Crippen LogP contribution in [-0.4, -0.2) is 51.6 Å². The molecule has 2 rings (SSSR count). The number of hydrogen-bond donors (Lipinski definition) is 1. The summed E-state index contributed by atoms with van der Waals surface area (Å²) in [5.41, 5.74) is -0.393. The molecule has 0 aliphatic carbocycles. The molecule has 6 nitrogen and oxygen atoms in total. The summed E-state index contributed by atoms with van der Waals surface area (Å²) >= 11 is 1.30. The van der Waals surface area contributed by atoms with Crippen molar-refractivity contribution in [1.29, 1.82) is 0 Å². The first-order valence-electron chi connectivity index (χ1n) is 6.12. The smallest absolute Gasteiger partial charge is 0.262 e. The summed E-state index contributed by atoms with van der Waals surface area (Å²) in [6.45, 7) is -1.78. The zero-order chi connectivity index (χ0) is 15.4. The molecule has 1 N–H and O–H groups in total. The highest BCUT2D eigenvalue weighted by Crippen LogP contribution is 2.13. The van der Waals surface area contributed by atoms with Gasteiger partial charge in [-0.1, -0.05) is 0 Å². The van der Waals surface area contributed by atoms with Gasteiger partial charge in [-0.05, 0) is 11.4 Å². The molecular weight excluding hydrogens is 304 g/mol. The number of amides is 1. The lowest BCUT2D eigenvalue weighted by atomic mass is 10.4. The largest absolute Gasteiger partial charge is 0.395 e. The van der Waals surface area contributed by atoms with Crippen LogP contribution in [0.4, 0.5) is 8.78 Å². The second kappa shape index (κ2) is 6.72. The fraction of sp³-hybridized carbons (Fsp3) is 0.417. The van der Waals surface area contributed by atoms with Crippen LogP contribution < -0.4 is 5.56 Å². The van der Waals surface area contributed by atoms with Crippen molar-refractivity contribution in [1.82, 2.24) is 14.5 Å². The van der Waals surface area contributed by atoms with E-state index in [0.29, 0.717) is 10.2 Å².